The maximum atomic E-state index is 13.4. The second kappa shape index (κ2) is 9.07. The van der Waals surface area contributed by atoms with Gasteiger partial charge in [0.05, 0.1) is 49.8 Å². The van der Waals surface area contributed by atoms with E-state index in [0.717, 1.165) is 0 Å². The molecule has 4 N–H and O–H groups in total. The highest BCUT2D eigenvalue weighted by Gasteiger charge is 2.95. The molecule has 5 heterocycles. The lowest BCUT2D eigenvalue weighted by atomic mass is 9.38. The lowest BCUT2D eigenvalue weighted by Gasteiger charge is -2.65. The van der Waals surface area contributed by atoms with Crippen LogP contribution in [-0.2, 0) is 42.7 Å². The van der Waals surface area contributed by atoms with Crippen LogP contribution in [0, 0.1) is 34.0 Å². The second-order valence-electron chi connectivity index (χ2n) is 14.9. The average Bonchev–Trinajstić information content (AvgIpc) is 3.39. The third-order valence-corrected chi connectivity index (χ3v) is 13.5. The number of ether oxygens (including phenoxy) is 7. The van der Waals surface area contributed by atoms with Crippen molar-refractivity contribution >= 4 is 11.9 Å². The van der Waals surface area contributed by atoms with Crippen molar-refractivity contribution in [2.24, 2.45) is 34.0 Å². The fourth-order valence-electron chi connectivity index (χ4n) is 11.6. The van der Waals surface area contributed by atoms with E-state index in [9.17, 15) is 30.0 Å². The Bertz CT molecular complexity index is 1400. The molecule has 1 spiro atoms. The molecule has 45 heavy (non-hydrogen) atoms. The molecule has 8 rings (SSSR count). The van der Waals surface area contributed by atoms with Crippen molar-refractivity contribution in [3.63, 3.8) is 0 Å². The molecular weight excluding hydrogens is 592 g/mol. The number of aliphatic hydroxyl groups excluding tert-OH is 3. The molecule has 0 aromatic heterocycles. The summed E-state index contributed by atoms with van der Waals surface area (Å²) in [6, 6.07) is 0. The predicted molar refractivity (Wildman–Crippen MR) is 148 cm³/mol. The molecule has 7 fully saturated rings. The summed E-state index contributed by atoms with van der Waals surface area (Å²) in [5.74, 6) is -3.27. The second-order valence-corrected chi connectivity index (χ2v) is 14.9. The first-order valence-electron chi connectivity index (χ1n) is 15.9. The van der Waals surface area contributed by atoms with Crippen molar-refractivity contribution in [3.05, 3.63) is 24.0 Å². The predicted octanol–water partition coefficient (Wildman–Crippen LogP) is 0.0730. The molecule has 16 atom stereocenters. The number of carbonyl (C=O) groups excluding carboxylic acids is 2. The lowest BCUT2D eigenvalue weighted by molar-refractivity contribution is -0.304. The van der Waals surface area contributed by atoms with E-state index in [1.165, 1.54) is 13.2 Å². The molecule has 0 amide bonds. The van der Waals surface area contributed by atoms with Crippen LogP contribution in [0.15, 0.2) is 24.0 Å². The summed E-state index contributed by atoms with van der Waals surface area (Å²) >= 11 is 0. The Kier molecular flexibility index (Phi) is 6.10. The van der Waals surface area contributed by atoms with E-state index in [4.69, 9.17) is 33.2 Å². The molecule has 0 aromatic rings. The average molecular weight is 635 g/mol. The Morgan fingerprint density at radius 1 is 1.04 bits per heavy atom. The van der Waals surface area contributed by atoms with E-state index in [0.29, 0.717) is 12.0 Å². The van der Waals surface area contributed by atoms with Crippen molar-refractivity contribution in [1.82, 2.24) is 0 Å². The number of fused-ring (bicyclic) bond motifs is 7. The van der Waals surface area contributed by atoms with Crippen LogP contribution in [0.1, 0.15) is 47.5 Å². The summed E-state index contributed by atoms with van der Waals surface area (Å²) in [4.78, 5) is 25.8. The van der Waals surface area contributed by atoms with Crippen molar-refractivity contribution in [2.75, 3.05) is 19.8 Å². The fraction of sp³-hybridized carbons (Fsp3) is 0.812. The quantitative estimate of drug-likeness (QED) is 0.181. The zero-order chi connectivity index (χ0) is 32.1. The summed E-state index contributed by atoms with van der Waals surface area (Å²) in [6.45, 7) is 7.79. The molecular formula is C32H42O13. The first kappa shape index (κ1) is 30.2. The van der Waals surface area contributed by atoms with Gasteiger partial charge in [0.2, 0.25) is 6.29 Å². The van der Waals surface area contributed by atoms with Crippen molar-refractivity contribution in [1.29, 1.82) is 0 Å². The minimum atomic E-state index is -1.45. The normalized spacial score (nSPS) is 58.2. The van der Waals surface area contributed by atoms with E-state index in [-0.39, 0.29) is 19.6 Å². The molecule has 0 aromatic carbocycles. The number of aliphatic hydroxyl groups is 4. The van der Waals surface area contributed by atoms with Gasteiger partial charge in [-0.15, -0.1) is 0 Å². The topological polar surface area (TPSA) is 183 Å². The Morgan fingerprint density at radius 2 is 1.80 bits per heavy atom. The molecule has 5 aliphatic heterocycles. The van der Waals surface area contributed by atoms with Gasteiger partial charge in [0.15, 0.2) is 11.9 Å². The van der Waals surface area contributed by atoms with E-state index >= 15 is 0 Å². The van der Waals surface area contributed by atoms with Gasteiger partial charge in [0, 0.05) is 47.5 Å². The van der Waals surface area contributed by atoms with Gasteiger partial charge in [-0.1, -0.05) is 13.0 Å². The van der Waals surface area contributed by atoms with E-state index in [1.807, 2.05) is 13.8 Å². The van der Waals surface area contributed by atoms with Gasteiger partial charge in [-0.25, -0.2) is 4.79 Å². The molecule has 8 aliphatic rings. The standard InChI is InChI=1S/C32H42O13/c1-6-14(2)24(36)43-18-10-17(42-15(3)34)29(11-33)12-40-20-21(29)30(18)13-41-25(37)22(30)27(4,23(20)35)32-19-9-16(28(32,5)45-32)31(38)7-8-39-26(31)44-19/h6-8,16-23,25-26,33,35,37-38H,9-13H2,1-5H3/b14-6+/t16-,17-,18-,19+,20-,21-,22+,23-,25+,26+,27+,28+,29-,30?,31-,32+/m1/s1. The van der Waals surface area contributed by atoms with E-state index < -0.39 is 112 Å². The number of allylic oxidation sites excluding steroid dienone is 1. The summed E-state index contributed by atoms with van der Waals surface area (Å²) in [5.41, 5.74) is -7.05. The molecule has 13 heteroatoms. The number of rotatable bonds is 5. The Morgan fingerprint density at radius 3 is 2.49 bits per heavy atom. The maximum Gasteiger partial charge on any atom is 0.333 e. The Hall–Kier alpha value is -2.10. The van der Waals surface area contributed by atoms with Crippen LogP contribution in [0.5, 0.6) is 0 Å². The van der Waals surface area contributed by atoms with Crippen LogP contribution in [-0.4, -0.2) is 112 Å². The zero-order valence-corrected chi connectivity index (χ0v) is 26.0. The summed E-state index contributed by atoms with van der Waals surface area (Å²) in [6.07, 6.45) is -2.07. The highest BCUT2D eigenvalue weighted by atomic mass is 16.7. The monoisotopic (exact) mass is 634 g/mol. The Labute approximate surface area is 260 Å². The van der Waals surface area contributed by atoms with Crippen LogP contribution in [0.4, 0.5) is 0 Å². The van der Waals surface area contributed by atoms with Crippen LogP contribution in [0.2, 0.25) is 0 Å². The molecule has 13 nitrogen and oxygen atoms in total. The van der Waals surface area contributed by atoms with Gasteiger partial charge < -0.3 is 53.6 Å². The highest BCUT2D eigenvalue weighted by Crippen LogP contribution is 2.82. The van der Waals surface area contributed by atoms with Crippen LogP contribution in [0.25, 0.3) is 0 Å². The molecule has 2 bridgehead atoms. The molecule has 3 saturated carbocycles. The SMILES string of the molecule is C/C=C(\C)C(=O)O[C@@H]1C[C@@H](OC(C)=O)[C@@]2(CO)CO[C@H]3[C@@H](O)[C@@](C)([C@]45O[C@@]4(C)[C@H]4C[C@@H]5O[C@@H]5OC=C[C@]54O)[C@@H]4[C@@H](O)OCC41[C@H]32. The molecule has 0 radical (unpaired) electrons. The molecule has 4 saturated heterocycles. The third kappa shape index (κ3) is 3.13. The Balaban J connectivity index is 1.32. The van der Waals surface area contributed by atoms with Crippen LogP contribution in [0.3, 0.4) is 0 Å². The minimum absolute atomic E-state index is 0.0162. The van der Waals surface area contributed by atoms with E-state index in [1.54, 1.807) is 26.0 Å². The van der Waals surface area contributed by atoms with Crippen molar-refractivity contribution in [3.8, 4) is 0 Å². The number of hydrogen-bond donors (Lipinski definition) is 4. The fourth-order valence-corrected chi connectivity index (χ4v) is 11.6. The summed E-state index contributed by atoms with van der Waals surface area (Å²) in [5, 5.41) is 47.3. The van der Waals surface area contributed by atoms with Crippen molar-refractivity contribution < 1.29 is 63.2 Å². The van der Waals surface area contributed by atoms with Gasteiger partial charge >= 0.3 is 11.9 Å². The largest absolute Gasteiger partial charge is 0.469 e. The van der Waals surface area contributed by atoms with Crippen LogP contribution >= 0.6 is 0 Å². The zero-order valence-electron chi connectivity index (χ0n) is 26.0. The number of carbonyl (C=O) groups is 2. The van der Waals surface area contributed by atoms with E-state index in [2.05, 4.69) is 0 Å². The first-order chi connectivity index (χ1) is 21.2. The van der Waals surface area contributed by atoms with Gasteiger partial charge in [0.25, 0.3) is 0 Å². The van der Waals surface area contributed by atoms with Gasteiger partial charge in [-0.3, -0.25) is 4.79 Å². The number of epoxide rings is 1. The smallest absolute Gasteiger partial charge is 0.333 e. The van der Waals surface area contributed by atoms with Crippen molar-refractivity contribution in [2.45, 2.75) is 107 Å². The highest BCUT2D eigenvalue weighted by molar-refractivity contribution is 5.87. The van der Waals surface area contributed by atoms with Crippen LogP contribution < -0.4 is 0 Å². The lowest BCUT2D eigenvalue weighted by Crippen LogP contribution is -2.77. The summed E-state index contributed by atoms with van der Waals surface area (Å²) < 4.78 is 43.4. The first-order valence-corrected chi connectivity index (χ1v) is 15.9. The number of esters is 2. The van der Waals surface area contributed by atoms with Gasteiger partial charge in [-0.05, 0) is 33.3 Å². The number of hydrogen-bond acceptors (Lipinski definition) is 13. The maximum absolute atomic E-state index is 13.4. The summed E-state index contributed by atoms with van der Waals surface area (Å²) in [7, 11) is 0. The van der Waals surface area contributed by atoms with Gasteiger partial charge in [-0.2, -0.15) is 0 Å². The minimum Gasteiger partial charge on any atom is -0.469 e. The molecule has 1 unspecified atom stereocenters. The molecule has 3 aliphatic carbocycles. The third-order valence-electron chi connectivity index (χ3n) is 13.5. The van der Waals surface area contributed by atoms with Gasteiger partial charge in [0.1, 0.15) is 23.4 Å². The molecule has 248 valence electrons.